The van der Waals surface area contributed by atoms with E-state index in [1.54, 1.807) is 12.1 Å². The van der Waals surface area contributed by atoms with E-state index in [1.165, 1.54) is 55.0 Å². The fourth-order valence-corrected chi connectivity index (χ4v) is 5.34. The molecule has 0 bridgehead atoms. The molecule has 160 valence electrons. The Morgan fingerprint density at radius 1 is 1.13 bits per heavy atom. The van der Waals surface area contributed by atoms with Crippen molar-refractivity contribution in [3.8, 4) is 0 Å². The lowest BCUT2D eigenvalue weighted by atomic mass is 10.3. The van der Waals surface area contributed by atoms with Crippen molar-refractivity contribution in [2.45, 2.75) is 4.90 Å². The smallest absolute Gasteiger partial charge is 0.348 e. The average molecular weight is 469 g/mol. The van der Waals surface area contributed by atoms with Gasteiger partial charge in [-0.05, 0) is 24.3 Å². The Balaban J connectivity index is 1.61. The second-order valence-electron chi connectivity index (χ2n) is 6.61. The number of nitrogens with zero attached hydrogens (tertiary/aromatic N) is 3. The predicted molar refractivity (Wildman–Crippen MR) is 118 cm³/mol. The molecule has 1 amide bonds. The van der Waals surface area contributed by atoms with Gasteiger partial charge in [-0.1, -0.05) is 17.4 Å². The van der Waals surface area contributed by atoms with Gasteiger partial charge in [0.25, 0.3) is 5.91 Å². The lowest BCUT2D eigenvalue weighted by Gasteiger charge is -2.12. The van der Waals surface area contributed by atoms with Crippen molar-refractivity contribution in [2.75, 3.05) is 45.0 Å². The number of anilines is 2. The fraction of sp³-hybridized carbons (Fsp3) is 0.278. The number of aromatic nitrogens is 1. The molecule has 3 rings (SSSR count). The number of sulfonamides is 1. The van der Waals surface area contributed by atoms with Gasteiger partial charge < -0.3 is 15.0 Å². The Morgan fingerprint density at radius 2 is 1.87 bits per heavy atom. The summed E-state index contributed by atoms with van der Waals surface area (Å²) in [6.45, 7) is -0.495. The number of thiophene rings is 1. The molecule has 0 radical (unpaired) electrons. The molecular weight excluding hydrogens is 448 g/mol. The van der Waals surface area contributed by atoms with E-state index in [-0.39, 0.29) is 10.6 Å². The summed E-state index contributed by atoms with van der Waals surface area (Å²) in [6, 6.07) is 7.54. The molecule has 3 aromatic rings. The first-order chi connectivity index (χ1) is 14.1. The summed E-state index contributed by atoms with van der Waals surface area (Å²) in [5, 5.41) is 3.37. The van der Waals surface area contributed by atoms with Crippen LogP contribution in [0, 0.1) is 0 Å². The molecule has 0 aliphatic carbocycles. The predicted octanol–water partition coefficient (Wildman–Crippen LogP) is 2.47. The largest absolute Gasteiger partial charge is 0.451 e. The molecule has 0 aliphatic heterocycles. The monoisotopic (exact) mass is 468 g/mol. The van der Waals surface area contributed by atoms with E-state index in [0.29, 0.717) is 4.88 Å². The Hall–Kier alpha value is -2.54. The Bertz CT molecular complexity index is 1170. The zero-order chi connectivity index (χ0) is 22.1. The maximum atomic E-state index is 12.2. The van der Waals surface area contributed by atoms with Crippen LogP contribution in [0.5, 0.6) is 0 Å². The molecule has 1 aromatic carbocycles. The van der Waals surface area contributed by atoms with Crippen LogP contribution in [0.3, 0.4) is 0 Å². The quantitative estimate of drug-likeness (QED) is 0.531. The van der Waals surface area contributed by atoms with Crippen molar-refractivity contribution >= 4 is 64.9 Å². The first-order valence-electron chi connectivity index (χ1n) is 8.65. The Labute approximate surface area is 181 Å². The summed E-state index contributed by atoms with van der Waals surface area (Å²) in [7, 11) is 3.00. The topological polar surface area (TPSA) is 109 Å². The average Bonchev–Trinajstić information content (AvgIpc) is 3.25. The number of amides is 1. The second kappa shape index (κ2) is 8.68. The first-order valence-corrected chi connectivity index (χ1v) is 11.7. The normalized spacial score (nSPS) is 11.6. The van der Waals surface area contributed by atoms with Crippen LogP contribution in [0.4, 0.5) is 10.8 Å². The number of hydrogen-bond donors (Lipinski definition) is 1. The second-order valence-corrected chi connectivity index (χ2v) is 10.8. The molecular formula is C18H20N4O5S3. The standard InChI is InChI=1S/C18H20N4O5S3/c1-21(2)18-20-16-13(29-18)9-14(28-16)17(24)27-10-15(23)19-11-6-5-7-12(8-11)30(25,26)22(3)4/h5-9H,10H2,1-4H3,(H,19,23). The van der Waals surface area contributed by atoms with Gasteiger partial charge in [0, 0.05) is 33.9 Å². The van der Waals surface area contributed by atoms with E-state index < -0.39 is 28.5 Å². The van der Waals surface area contributed by atoms with Crippen molar-refractivity contribution in [1.29, 1.82) is 0 Å². The number of carbonyl (C=O) groups excluding carboxylic acids is 2. The van der Waals surface area contributed by atoms with Crippen molar-refractivity contribution in [3.63, 3.8) is 0 Å². The van der Waals surface area contributed by atoms with E-state index in [0.717, 1.165) is 19.0 Å². The molecule has 0 fully saturated rings. The van der Waals surface area contributed by atoms with Crippen LogP contribution in [-0.4, -0.2) is 64.4 Å². The van der Waals surface area contributed by atoms with Crippen molar-refractivity contribution < 1.29 is 22.7 Å². The molecule has 0 atom stereocenters. The van der Waals surface area contributed by atoms with Gasteiger partial charge in [0.15, 0.2) is 11.7 Å². The molecule has 0 saturated carbocycles. The van der Waals surface area contributed by atoms with Gasteiger partial charge in [-0.15, -0.1) is 11.3 Å². The van der Waals surface area contributed by atoms with E-state index in [4.69, 9.17) is 4.74 Å². The van der Waals surface area contributed by atoms with Gasteiger partial charge in [-0.2, -0.15) is 0 Å². The molecule has 2 aromatic heterocycles. The summed E-state index contributed by atoms with van der Waals surface area (Å²) < 4.78 is 31.4. The van der Waals surface area contributed by atoms with Crippen LogP contribution in [0.15, 0.2) is 35.2 Å². The first kappa shape index (κ1) is 22.2. The van der Waals surface area contributed by atoms with Gasteiger partial charge >= 0.3 is 5.97 Å². The number of thiazole rings is 1. The zero-order valence-electron chi connectivity index (χ0n) is 16.7. The summed E-state index contributed by atoms with van der Waals surface area (Å²) in [5.41, 5.74) is 0.288. The Morgan fingerprint density at radius 3 is 2.50 bits per heavy atom. The molecule has 1 N–H and O–H groups in total. The molecule has 0 unspecified atom stereocenters. The minimum atomic E-state index is -3.62. The van der Waals surface area contributed by atoms with Crippen molar-refractivity contribution in [1.82, 2.24) is 9.29 Å². The SMILES string of the molecule is CN(C)c1nc2sc(C(=O)OCC(=O)Nc3cccc(S(=O)(=O)N(C)C)c3)cc2s1. The number of rotatable bonds is 7. The van der Waals surface area contributed by atoms with Crippen LogP contribution in [0.25, 0.3) is 9.53 Å². The highest BCUT2D eigenvalue weighted by atomic mass is 32.2. The van der Waals surface area contributed by atoms with Gasteiger partial charge in [0.2, 0.25) is 10.0 Å². The number of nitrogens with one attached hydrogen (secondary N) is 1. The number of esters is 1. The summed E-state index contributed by atoms with van der Waals surface area (Å²) in [6.07, 6.45) is 0. The van der Waals surface area contributed by atoms with E-state index >= 15 is 0 Å². The summed E-state index contributed by atoms with van der Waals surface area (Å²) in [5.74, 6) is -1.19. The zero-order valence-corrected chi connectivity index (χ0v) is 19.2. The van der Waals surface area contributed by atoms with Gasteiger partial charge in [0.05, 0.1) is 9.60 Å². The molecule has 30 heavy (non-hydrogen) atoms. The number of carbonyl (C=O) groups is 2. The molecule has 2 heterocycles. The third-order valence-electron chi connectivity index (χ3n) is 3.89. The van der Waals surface area contributed by atoms with Crippen LogP contribution in [0.2, 0.25) is 0 Å². The van der Waals surface area contributed by atoms with Crippen LogP contribution < -0.4 is 10.2 Å². The highest BCUT2D eigenvalue weighted by molar-refractivity contribution is 7.89. The molecule has 0 spiro atoms. The molecule has 0 aliphatic rings. The molecule has 12 heteroatoms. The third-order valence-corrected chi connectivity index (χ3v) is 8.01. The Kier molecular flexibility index (Phi) is 6.41. The minimum absolute atomic E-state index is 0.0468. The van der Waals surface area contributed by atoms with Gasteiger partial charge in [-0.25, -0.2) is 22.5 Å². The van der Waals surface area contributed by atoms with E-state index in [1.807, 2.05) is 19.0 Å². The summed E-state index contributed by atoms with van der Waals surface area (Å²) >= 11 is 2.66. The third kappa shape index (κ3) is 4.78. The number of ether oxygens (including phenoxy) is 1. The molecule has 0 saturated heterocycles. The lowest BCUT2D eigenvalue weighted by Crippen LogP contribution is -2.23. The fourth-order valence-electron chi connectivity index (χ4n) is 2.36. The highest BCUT2D eigenvalue weighted by Gasteiger charge is 2.19. The minimum Gasteiger partial charge on any atom is -0.451 e. The maximum Gasteiger partial charge on any atom is 0.348 e. The molecule has 9 nitrogen and oxygen atoms in total. The van der Waals surface area contributed by atoms with Crippen LogP contribution in [0.1, 0.15) is 9.67 Å². The van der Waals surface area contributed by atoms with Crippen LogP contribution >= 0.6 is 22.7 Å². The summed E-state index contributed by atoms with van der Waals surface area (Å²) in [4.78, 5) is 31.8. The lowest BCUT2D eigenvalue weighted by molar-refractivity contribution is -0.119. The van der Waals surface area contributed by atoms with Crippen molar-refractivity contribution in [2.24, 2.45) is 0 Å². The maximum absolute atomic E-state index is 12.2. The number of hydrogen-bond acceptors (Lipinski definition) is 9. The van der Waals surface area contributed by atoms with Gasteiger partial charge in [-0.3, -0.25) is 4.79 Å². The van der Waals surface area contributed by atoms with Gasteiger partial charge in [0.1, 0.15) is 9.71 Å². The van der Waals surface area contributed by atoms with E-state index in [2.05, 4.69) is 10.3 Å². The van der Waals surface area contributed by atoms with E-state index in [9.17, 15) is 18.0 Å². The van der Waals surface area contributed by atoms with Crippen LogP contribution in [-0.2, 0) is 19.6 Å². The highest BCUT2D eigenvalue weighted by Crippen LogP contribution is 2.34. The number of benzene rings is 1. The number of fused-ring (bicyclic) bond motifs is 1. The van der Waals surface area contributed by atoms with Crippen molar-refractivity contribution in [3.05, 3.63) is 35.2 Å².